The Balaban J connectivity index is 2.11. The second kappa shape index (κ2) is 6.70. The molecule has 2 rings (SSSR count). The van der Waals surface area contributed by atoms with Gasteiger partial charge in [-0.1, -0.05) is 11.6 Å². The van der Waals surface area contributed by atoms with Crippen LogP contribution in [-0.2, 0) is 4.74 Å². The summed E-state index contributed by atoms with van der Waals surface area (Å²) in [5.74, 6) is -1.02. The number of hydrogen-bond donors (Lipinski definition) is 2. The molecule has 2 heterocycles. The van der Waals surface area contributed by atoms with E-state index in [0.717, 1.165) is 18.4 Å². The Labute approximate surface area is 132 Å². The first kappa shape index (κ1) is 15.5. The van der Waals surface area contributed by atoms with E-state index in [-0.39, 0.29) is 11.5 Å². The van der Waals surface area contributed by atoms with Gasteiger partial charge in [0, 0.05) is 0 Å². The fourth-order valence-electron chi connectivity index (χ4n) is 1.40. The molecule has 2 aromatic heterocycles. The highest BCUT2D eigenvalue weighted by atomic mass is 35.5. The Hall–Kier alpha value is -1.90. The van der Waals surface area contributed by atoms with E-state index in [1.807, 2.05) is 5.32 Å². The second-order valence-corrected chi connectivity index (χ2v) is 6.30. The predicted octanol–water partition coefficient (Wildman–Crippen LogP) is 3.21. The van der Waals surface area contributed by atoms with Crippen LogP contribution < -0.4 is 10.6 Å². The molecule has 0 bridgehead atoms. The van der Waals surface area contributed by atoms with Crippen molar-refractivity contribution >= 4 is 57.2 Å². The highest BCUT2D eigenvalue weighted by molar-refractivity contribution is 7.18. The first-order chi connectivity index (χ1) is 10.0. The number of anilines is 1. The topological polar surface area (TPSA) is 84.5 Å². The lowest BCUT2D eigenvalue weighted by atomic mass is 10.3. The molecule has 0 spiro atoms. The minimum absolute atomic E-state index is 0.182. The summed E-state index contributed by atoms with van der Waals surface area (Å²) in [5.41, 5.74) is 0.182. The van der Waals surface area contributed by atoms with E-state index < -0.39 is 12.0 Å². The van der Waals surface area contributed by atoms with E-state index in [2.05, 4.69) is 10.1 Å². The van der Waals surface area contributed by atoms with Gasteiger partial charge in [-0.3, -0.25) is 14.9 Å². The van der Waals surface area contributed by atoms with Gasteiger partial charge in [0.25, 0.3) is 11.8 Å². The van der Waals surface area contributed by atoms with Crippen LogP contribution in [0, 0.1) is 0 Å². The van der Waals surface area contributed by atoms with Crippen LogP contribution in [0.4, 0.5) is 9.80 Å². The SMILES string of the molecule is COC(=O)NC(=O)c1ccsc1NC(=O)c1ccc(Cl)s1. The molecule has 0 aromatic carbocycles. The molecule has 0 saturated heterocycles. The molecule has 3 amide bonds. The Bertz CT molecular complexity index is 695. The molecule has 2 N–H and O–H groups in total. The monoisotopic (exact) mass is 344 g/mol. The van der Waals surface area contributed by atoms with Crippen molar-refractivity contribution in [1.82, 2.24) is 5.32 Å². The lowest BCUT2D eigenvalue weighted by Gasteiger charge is -2.05. The van der Waals surface area contributed by atoms with Crippen molar-refractivity contribution in [1.29, 1.82) is 0 Å². The summed E-state index contributed by atoms with van der Waals surface area (Å²) in [6, 6.07) is 4.70. The van der Waals surface area contributed by atoms with Crippen molar-refractivity contribution < 1.29 is 19.1 Å². The van der Waals surface area contributed by atoms with Crippen molar-refractivity contribution in [2.24, 2.45) is 0 Å². The number of amides is 3. The van der Waals surface area contributed by atoms with Crippen LogP contribution in [0.3, 0.4) is 0 Å². The Morgan fingerprint density at radius 2 is 1.95 bits per heavy atom. The molecule has 21 heavy (non-hydrogen) atoms. The molecule has 0 aliphatic rings. The summed E-state index contributed by atoms with van der Waals surface area (Å²) < 4.78 is 4.84. The van der Waals surface area contributed by atoms with E-state index in [4.69, 9.17) is 11.6 Å². The van der Waals surface area contributed by atoms with E-state index in [0.29, 0.717) is 14.2 Å². The van der Waals surface area contributed by atoms with E-state index in [9.17, 15) is 14.4 Å². The molecule has 110 valence electrons. The number of hydrogen-bond acceptors (Lipinski definition) is 6. The molecule has 0 saturated carbocycles. The summed E-state index contributed by atoms with van der Waals surface area (Å²) in [6.45, 7) is 0. The zero-order valence-electron chi connectivity index (χ0n) is 10.6. The number of methoxy groups -OCH3 is 1. The van der Waals surface area contributed by atoms with Crippen LogP contribution in [0.2, 0.25) is 4.34 Å². The fraction of sp³-hybridized carbons (Fsp3) is 0.0833. The van der Waals surface area contributed by atoms with Crippen LogP contribution in [0.25, 0.3) is 0 Å². The summed E-state index contributed by atoms with van der Waals surface area (Å²) >= 11 is 8.07. The van der Waals surface area contributed by atoms with Gasteiger partial charge in [-0.05, 0) is 23.6 Å². The van der Waals surface area contributed by atoms with E-state index in [1.54, 1.807) is 17.5 Å². The Morgan fingerprint density at radius 3 is 2.57 bits per heavy atom. The number of carbonyl (C=O) groups is 3. The minimum Gasteiger partial charge on any atom is -0.453 e. The van der Waals surface area contributed by atoms with Gasteiger partial charge in [-0.25, -0.2) is 4.79 Å². The molecule has 0 atom stereocenters. The zero-order valence-corrected chi connectivity index (χ0v) is 13.0. The van der Waals surface area contributed by atoms with Gasteiger partial charge in [0.05, 0.1) is 21.9 Å². The number of thiophene rings is 2. The molecular formula is C12H9ClN2O4S2. The Morgan fingerprint density at radius 1 is 1.19 bits per heavy atom. The first-order valence-electron chi connectivity index (χ1n) is 5.54. The van der Waals surface area contributed by atoms with Crippen molar-refractivity contribution in [3.63, 3.8) is 0 Å². The third-order valence-corrected chi connectivity index (χ3v) is 4.39. The highest BCUT2D eigenvalue weighted by Gasteiger charge is 2.18. The summed E-state index contributed by atoms with van der Waals surface area (Å²) in [6.07, 6.45) is -0.867. The average molecular weight is 345 g/mol. The molecule has 0 fully saturated rings. The molecular weight excluding hydrogens is 336 g/mol. The summed E-state index contributed by atoms with van der Waals surface area (Å²) in [4.78, 5) is 35.3. The van der Waals surface area contributed by atoms with Gasteiger partial charge in [-0.15, -0.1) is 22.7 Å². The van der Waals surface area contributed by atoms with Gasteiger partial charge < -0.3 is 10.1 Å². The van der Waals surface area contributed by atoms with Crippen LogP contribution in [-0.4, -0.2) is 25.0 Å². The summed E-state index contributed by atoms with van der Waals surface area (Å²) in [7, 11) is 1.15. The third kappa shape index (κ3) is 3.81. The number of rotatable bonds is 3. The maximum atomic E-state index is 12.0. The number of carbonyl (C=O) groups excluding carboxylic acids is 3. The molecule has 9 heteroatoms. The zero-order chi connectivity index (χ0) is 15.4. The molecule has 0 aliphatic carbocycles. The quantitative estimate of drug-likeness (QED) is 0.895. The first-order valence-corrected chi connectivity index (χ1v) is 7.62. The number of nitrogens with one attached hydrogen (secondary N) is 2. The molecule has 2 aromatic rings. The van der Waals surface area contributed by atoms with Crippen molar-refractivity contribution in [2.75, 3.05) is 12.4 Å². The lowest BCUT2D eigenvalue weighted by molar-refractivity contribution is 0.0938. The third-order valence-electron chi connectivity index (χ3n) is 2.33. The molecule has 0 aliphatic heterocycles. The smallest absolute Gasteiger partial charge is 0.413 e. The molecule has 0 radical (unpaired) electrons. The number of alkyl carbamates (subject to hydrolysis) is 1. The second-order valence-electron chi connectivity index (χ2n) is 3.67. The number of halogens is 1. The van der Waals surface area contributed by atoms with Crippen LogP contribution >= 0.6 is 34.3 Å². The minimum atomic E-state index is -0.867. The maximum Gasteiger partial charge on any atom is 0.413 e. The molecule has 6 nitrogen and oxygen atoms in total. The normalized spacial score (nSPS) is 10.0. The van der Waals surface area contributed by atoms with Gasteiger partial charge in [0.2, 0.25) is 0 Å². The summed E-state index contributed by atoms with van der Waals surface area (Å²) in [5, 5.41) is 6.60. The fourth-order valence-corrected chi connectivity index (χ4v) is 3.11. The van der Waals surface area contributed by atoms with Gasteiger partial charge in [-0.2, -0.15) is 0 Å². The maximum absolute atomic E-state index is 12.0. The number of ether oxygens (including phenoxy) is 1. The standard InChI is InChI=1S/C12H9ClN2O4S2/c1-19-12(18)15-9(16)6-4-5-20-11(6)14-10(17)7-2-3-8(13)21-7/h2-5H,1H3,(H,14,17)(H,15,16,18). The van der Waals surface area contributed by atoms with Crippen molar-refractivity contribution in [3.8, 4) is 0 Å². The number of imide groups is 1. The highest BCUT2D eigenvalue weighted by Crippen LogP contribution is 2.26. The van der Waals surface area contributed by atoms with E-state index >= 15 is 0 Å². The van der Waals surface area contributed by atoms with Crippen molar-refractivity contribution in [3.05, 3.63) is 38.4 Å². The van der Waals surface area contributed by atoms with Gasteiger partial charge in [0.1, 0.15) is 5.00 Å². The lowest BCUT2D eigenvalue weighted by Crippen LogP contribution is -2.30. The van der Waals surface area contributed by atoms with Crippen molar-refractivity contribution in [2.45, 2.75) is 0 Å². The van der Waals surface area contributed by atoms with Crippen LogP contribution in [0.5, 0.6) is 0 Å². The van der Waals surface area contributed by atoms with Crippen LogP contribution in [0.1, 0.15) is 20.0 Å². The van der Waals surface area contributed by atoms with E-state index in [1.165, 1.54) is 17.4 Å². The van der Waals surface area contributed by atoms with Gasteiger partial charge >= 0.3 is 6.09 Å². The Kier molecular flexibility index (Phi) is 4.94. The van der Waals surface area contributed by atoms with Gasteiger partial charge in [0.15, 0.2) is 0 Å². The van der Waals surface area contributed by atoms with Crippen LogP contribution in [0.15, 0.2) is 23.6 Å². The predicted molar refractivity (Wildman–Crippen MR) is 81.5 cm³/mol. The average Bonchev–Trinajstić information content (AvgIpc) is 3.07. The largest absolute Gasteiger partial charge is 0.453 e. The molecule has 0 unspecified atom stereocenters.